The van der Waals surface area contributed by atoms with Crippen molar-refractivity contribution in [3.63, 3.8) is 0 Å². The summed E-state index contributed by atoms with van der Waals surface area (Å²) in [6, 6.07) is -0.271. The van der Waals surface area contributed by atoms with Crippen LogP contribution < -0.4 is 5.73 Å². The lowest BCUT2D eigenvalue weighted by Crippen LogP contribution is -2.35. The average molecular weight is 303 g/mol. The summed E-state index contributed by atoms with van der Waals surface area (Å²) in [7, 11) is 4.06. The Morgan fingerprint density at radius 1 is 1.45 bits per heavy atom. The lowest BCUT2D eigenvalue weighted by atomic mass is 9.97. The molecule has 20 heavy (non-hydrogen) atoms. The van der Waals surface area contributed by atoms with E-state index < -0.39 is 0 Å². The van der Waals surface area contributed by atoms with Crippen molar-refractivity contribution in [1.29, 1.82) is 0 Å². The van der Waals surface area contributed by atoms with Crippen LogP contribution in [0.1, 0.15) is 32.5 Å². The largest absolute Gasteiger partial charge is 0.376 e. The number of nitrogens with two attached hydrogens (primary N) is 1. The molecule has 0 saturated carbocycles. The van der Waals surface area contributed by atoms with Crippen LogP contribution in [0.15, 0.2) is 6.20 Å². The fourth-order valence-corrected chi connectivity index (χ4v) is 2.50. The molecule has 6 heteroatoms. The summed E-state index contributed by atoms with van der Waals surface area (Å²) in [5, 5.41) is 4.95. The highest BCUT2D eigenvalue weighted by molar-refractivity contribution is 6.31. The highest BCUT2D eigenvalue weighted by Crippen LogP contribution is 2.28. The Balaban J connectivity index is 2.95. The van der Waals surface area contributed by atoms with Crippen LogP contribution in [0.4, 0.5) is 0 Å². The maximum absolute atomic E-state index is 6.39. The van der Waals surface area contributed by atoms with Crippen molar-refractivity contribution in [1.82, 2.24) is 14.7 Å². The van der Waals surface area contributed by atoms with Gasteiger partial charge in [0.25, 0.3) is 0 Å². The SMILES string of the molecule is CCOC(C(C)C)C(N)c1c(Cl)cnn1CCN(C)C. The van der Waals surface area contributed by atoms with Crippen molar-refractivity contribution < 1.29 is 4.74 Å². The van der Waals surface area contributed by atoms with Crippen molar-refractivity contribution in [3.05, 3.63) is 16.9 Å². The molecule has 0 saturated heterocycles. The topological polar surface area (TPSA) is 56.3 Å². The van der Waals surface area contributed by atoms with Gasteiger partial charge in [-0.3, -0.25) is 4.68 Å². The minimum Gasteiger partial charge on any atom is -0.376 e. The van der Waals surface area contributed by atoms with Gasteiger partial charge >= 0.3 is 0 Å². The van der Waals surface area contributed by atoms with Gasteiger partial charge in [-0.15, -0.1) is 0 Å². The van der Waals surface area contributed by atoms with Crippen molar-refractivity contribution in [2.24, 2.45) is 11.7 Å². The first-order valence-electron chi connectivity index (χ1n) is 7.11. The Kier molecular flexibility index (Phi) is 6.95. The predicted octanol–water partition coefficient (Wildman–Crippen LogP) is 2.16. The Morgan fingerprint density at radius 2 is 2.10 bits per heavy atom. The van der Waals surface area contributed by atoms with Gasteiger partial charge in [0, 0.05) is 13.2 Å². The van der Waals surface area contributed by atoms with Gasteiger partial charge in [0.05, 0.1) is 35.6 Å². The second kappa shape index (κ2) is 7.98. The predicted molar refractivity (Wildman–Crippen MR) is 83.0 cm³/mol. The maximum Gasteiger partial charge on any atom is 0.0835 e. The van der Waals surface area contributed by atoms with Crippen LogP contribution in [-0.2, 0) is 11.3 Å². The number of halogens is 1. The molecule has 2 atom stereocenters. The quantitative estimate of drug-likeness (QED) is 0.799. The third-order valence-corrected chi connectivity index (χ3v) is 3.57. The minimum atomic E-state index is -0.271. The summed E-state index contributed by atoms with van der Waals surface area (Å²) < 4.78 is 7.68. The lowest BCUT2D eigenvalue weighted by molar-refractivity contribution is 0.0102. The second-order valence-corrected chi connectivity index (χ2v) is 6.00. The molecule has 0 aliphatic heterocycles. The molecular formula is C14H27ClN4O. The summed E-state index contributed by atoms with van der Waals surface area (Å²) in [5.41, 5.74) is 7.26. The fourth-order valence-electron chi connectivity index (χ4n) is 2.24. The normalized spacial score (nSPS) is 15.1. The lowest BCUT2D eigenvalue weighted by Gasteiger charge is -2.28. The van der Waals surface area contributed by atoms with E-state index in [2.05, 4.69) is 23.8 Å². The number of aromatic nitrogens is 2. The van der Waals surface area contributed by atoms with Crippen LogP contribution in [-0.4, -0.2) is 48.0 Å². The zero-order valence-electron chi connectivity index (χ0n) is 13.1. The number of hydrogen-bond acceptors (Lipinski definition) is 4. The summed E-state index contributed by atoms with van der Waals surface area (Å²) in [5.74, 6) is 0.318. The van der Waals surface area contributed by atoms with Gasteiger partial charge in [0.2, 0.25) is 0 Å². The van der Waals surface area contributed by atoms with Crippen LogP contribution in [0, 0.1) is 5.92 Å². The average Bonchev–Trinajstić information content (AvgIpc) is 2.73. The number of likely N-dealkylation sites (N-methyl/N-ethyl adjacent to an activating group) is 1. The molecule has 1 rings (SSSR count). The van der Waals surface area contributed by atoms with Crippen molar-refractivity contribution >= 4 is 11.6 Å². The highest BCUT2D eigenvalue weighted by atomic mass is 35.5. The van der Waals surface area contributed by atoms with Crippen LogP contribution in [0.5, 0.6) is 0 Å². The van der Waals surface area contributed by atoms with Gasteiger partial charge in [-0.1, -0.05) is 25.4 Å². The fraction of sp³-hybridized carbons (Fsp3) is 0.786. The standard InChI is InChI=1S/C14H27ClN4O/c1-6-20-14(10(2)3)12(16)13-11(15)9-17-19(13)8-7-18(4)5/h9-10,12,14H,6-8,16H2,1-5H3. The van der Waals surface area contributed by atoms with E-state index in [0.717, 1.165) is 18.8 Å². The molecule has 2 unspecified atom stereocenters. The summed E-state index contributed by atoms with van der Waals surface area (Å²) in [6.07, 6.45) is 1.60. The number of nitrogens with zero attached hydrogens (tertiary/aromatic N) is 3. The molecule has 1 aromatic heterocycles. The third-order valence-electron chi connectivity index (χ3n) is 3.28. The number of rotatable bonds is 8. The highest BCUT2D eigenvalue weighted by Gasteiger charge is 2.28. The zero-order chi connectivity index (χ0) is 15.3. The molecule has 0 aliphatic carbocycles. The van der Waals surface area contributed by atoms with Gasteiger partial charge in [-0.05, 0) is 26.9 Å². The smallest absolute Gasteiger partial charge is 0.0835 e. The van der Waals surface area contributed by atoms with Crippen molar-refractivity contribution in [3.8, 4) is 0 Å². The molecule has 0 spiro atoms. The molecule has 2 N–H and O–H groups in total. The van der Waals surface area contributed by atoms with E-state index in [1.807, 2.05) is 25.7 Å². The summed E-state index contributed by atoms with van der Waals surface area (Å²) in [6.45, 7) is 8.48. The zero-order valence-corrected chi connectivity index (χ0v) is 13.9. The minimum absolute atomic E-state index is 0.0627. The molecule has 1 heterocycles. The van der Waals surface area contributed by atoms with Crippen molar-refractivity contribution in [2.75, 3.05) is 27.2 Å². The molecule has 5 nitrogen and oxygen atoms in total. The molecule has 0 radical (unpaired) electrons. The molecule has 0 amide bonds. The van der Waals surface area contributed by atoms with Gasteiger partial charge in [-0.25, -0.2) is 0 Å². The van der Waals surface area contributed by atoms with E-state index in [1.165, 1.54) is 0 Å². The van der Waals surface area contributed by atoms with E-state index in [4.69, 9.17) is 22.1 Å². The van der Waals surface area contributed by atoms with Gasteiger partial charge in [0.1, 0.15) is 0 Å². The first-order chi connectivity index (χ1) is 9.38. The van der Waals surface area contributed by atoms with E-state index in [0.29, 0.717) is 17.5 Å². The monoisotopic (exact) mass is 302 g/mol. The van der Waals surface area contributed by atoms with E-state index in [-0.39, 0.29) is 12.1 Å². The van der Waals surface area contributed by atoms with Crippen LogP contribution in [0.2, 0.25) is 5.02 Å². The number of hydrogen-bond donors (Lipinski definition) is 1. The van der Waals surface area contributed by atoms with Gasteiger partial charge < -0.3 is 15.4 Å². The molecule has 0 fully saturated rings. The second-order valence-electron chi connectivity index (χ2n) is 5.59. The van der Waals surface area contributed by atoms with E-state index in [9.17, 15) is 0 Å². The summed E-state index contributed by atoms with van der Waals surface area (Å²) in [4.78, 5) is 2.10. The molecule has 1 aromatic rings. The molecule has 0 aliphatic rings. The molecular weight excluding hydrogens is 276 g/mol. The first-order valence-corrected chi connectivity index (χ1v) is 7.49. The van der Waals surface area contributed by atoms with Crippen LogP contribution in [0.25, 0.3) is 0 Å². The Labute approximate surface area is 127 Å². The van der Waals surface area contributed by atoms with Crippen molar-refractivity contribution in [2.45, 2.75) is 39.5 Å². The Morgan fingerprint density at radius 3 is 2.60 bits per heavy atom. The molecule has 0 aromatic carbocycles. The van der Waals surface area contributed by atoms with Gasteiger partial charge in [0.15, 0.2) is 0 Å². The Hall–Kier alpha value is -0.620. The maximum atomic E-state index is 6.39. The van der Waals surface area contributed by atoms with Crippen LogP contribution in [0.3, 0.4) is 0 Å². The third kappa shape index (κ3) is 4.45. The van der Waals surface area contributed by atoms with Crippen LogP contribution >= 0.6 is 11.6 Å². The van der Waals surface area contributed by atoms with Gasteiger partial charge in [-0.2, -0.15) is 5.10 Å². The molecule has 0 bridgehead atoms. The Bertz CT molecular complexity index is 406. The van der Waals surface area contributed by atoms with E-state index in [1.54, 1.807) is 6.20 Å². The summed E-state index contributed by atoms with van der Waals surface area (Å²) >= 11 is 6.27. The van der Waals surface area contributed by atoms with E-state index >= 15 is 0 Å². The number of ether oxygens (including phenoxy) is 1. The first kappa shape index (κ1) is 17.4. The molecule has 116 valence electrons.